The molecule has 0 bridgehead atoms. The van der Waals surface area contributed by atoms with E-state index in [-0.39, 0.29) is 23.2 Å². The van der Waals surface area contributed by atoms with Crippen molar-refractivity contribution in [2.45, 2.75) is 26.6 Å². The second-order valence-corrected chi connectivity index (χ2v) is 4.16. The molecule has 16 heavy (non-hydrogen) atoms. The summed E-state index contributed by atoms with van der Waals surface area (Å²) in [6.45, 7) is 5.25. The second kappa shape index (κ2) is 6.88. The van der Waals surface area contributed by atoms with E-state index >= 15 is 0 Å². The molecule has 0 radical (unpaired) electrons. The van der Waals surface area contributed by atoms with Crippen LogP contribution in [-0.2, 0) is 14.3 Å². The largest absolute Gasteiger partial charge is 0.353 e. The predicted molar refractivity (Wildman–Crippen MR) is 61.2 cm³/mol. The van der Waals surface area contributed by atoms with Crippen LogP contribution in [-0.4, -0.2) is 47.8 Å². The summed E-state index contributed by atoms with van der Waals surface area (Å²) in [6.07, 6.45) is 0.195. The van der Waals surface area contributed by atoms with E-state index in [9.17, 15) is 9.59 Å². The van der Waals surface area contributed by atoms with Gasteiger partial charge >= 0.3 is 0 Å². The highest BCUT2D eigenvalue weighted by Crippen LogP contribution is 2.19. The summed E-state index contributed by atoms with van der Waals surface area (Å²) in [6, 6.07) is 0. The van der Waals surface area contributed by atoms with Crippen molar-refractivity contribution in [1.29, 1.82) is 0 Å². The van der Waals surface area contributed by atoms with Crippen LogP contribution in [0, 0.1) is 0 Å². The van der Waals surface area contributed by atoms with Crippen LogP contribution in [0.4, 0.5) is 4.79 Å². The Balaban J connectivity index is 2.35. The Hall–Kier alpha value is -0.590. The van der Waals surface area contributed by atoms with Gasteiger partial charge in [-0.1, -0.05) is 11.8 Å². The van der Waals surface area contributed by atoms with Crippen molar-refractivity contribution in [2.75, 3.05) is 25.5 Å². The molecule has 0 atom stereocenters. The van der Waals surface area contributed by atoms with Gasteiger partial charge in [0.2, 0.25) is 5.91 Å². The Labute approximate surface area is 99.5 Å². The molecule has 1 aliphatic heterocycles. The first-order chi connectivity index (χ1) is 7.69. The van der Waals surface area contributed by atoms with Crippen LogP contribution in [0.25, 0.3) is 0 Å². The van der Waals surface area contributed by atoms with E-state index in [4.69, 9.17) is 9.47 Å². The van der Waals surface area contributed by atoms with Gasteiger partial charge in [0, 0.05) is 26.2 Å². The maximum atomic E-state index is 11.3. The summed E-state index contributed by atoms with van der Waals surface area (Å²) in [4.78, 5) is 23.9. The zero-order valence-electron chi connectivity index (χ0n) is 9.60. The number of carbonyl (C=O) groups excluding carboxylic acids is 2. The van der Waals surface area contributed by atoms with Crippen LogP contribution >= 0.6 is 11.8 Å². The quantitative estimate of drug-likeness (QED) is 0.638. The normalized spacial score (nSPS) is 16.6. The van der Waals surface area contributed by atoms with Gasteiger partial charge in [0.05, 0.1) is 5.75 Å². The zero-order chi connectivity index (χ0) is 12.0. The van der Waals surface area contributed by atoms with Gasteiger partial charge in [-0.05, 0) is 13.8 Å². The summed E-state index contributed by atoms with van der Waals surface area (Å²) < 4.78 is 10.7. The fourth-order valence-electron chi connectivity index (χ4n) is 1.42. The van der Waals surface area contributed by atoms with E-state index in [1.165, 1.54) is 4.90 Å². The smallest absolute Gasteiger partial charge is 0.288 e. The minimum absolute atomic E-state index is 0.123. The molecular formula is C10H17NO4S. The molecule has 92 valence electrons. The number of carbonyl (C=O) groups is 2. The molecule has 2 amide bonds. The first kappa shape index (κ1) is 13.5. The van der Waals surface area contributed by atoms with Gasteiger partial charge in [0.25, 0.3) is 5.24 Å². The standard InChI is InChI=1S/C10H17NO4S/c1-3-14-9(15-4-2)5-6-11-8(12)7-16-10(11)13/h9H,3-7H2,1-2H3. The lowest BCUT2D eigenvalue weighted by Crippen LogP contribution is -2.33. The topological polar surface area (TPSA) is 55.8 Å². The van der Waals surface area contributed by atoms with Crippen LogP contribution in [0.3, 0.4) is 0 Å². The Morgan fingerprint density at radius 2 is 1.94 bits per heavy atom. The minimum Gasteiger partial charge on any atom is -0.353 e. The number of imide groups is 1. The van der Waals surface area contributed by atoms with E-state index in [2.05, 4.69) is 0 Å². The van der Waals surface area contributed by atoms with Crippen LogP contribution in [0.2, 0.25) is 0 Å². The third kappa shape index (κ3) is 3.77. The van der Waals surface area contributed by atoms with Crippen molar-refractivity contribution in [1.82, 2.24) is 4.90 Å². The summed E-state index contributed by atoms with van der Waals surface area (Å²) in [5, 5.41) is -0.170. The highest BCUT2D eigenvalue weighted by molar-refractivity contribution is 8.14. The molecule has 0 N–H and O–H groups in total. The SMILES string of the molecule is CCOC(CCN1C(=O)CSC1=O)OCC. The maximum Gasteiger partial charge on any atom is 0.288 e. The molecule has 0 aromatic rings. The maximum absolute atomic E-state index is 11.3. The molecule has 0 spiro atoms. The predicted octanol–water partition coefficient (Wildman–Crippen LogP) is 1.47. The molecule has 1 heterocycles. The van der Waals surface area contributed by atoms with Gasteiger partial charge in [0.1, 0.15) is 0 Å². The molecule has 0 aromatic heterocycles. The molecule has 6 heteroatoms. The lowest BCUT2D eigenvalue weighted by Gasteiger charge is -2.19. The van der Waals surface area contributed by atoms with Gasteiger partial charge in [0.15, 0.2) is 6.29 Å². The van der Waals surface area contributed by atoms with Crippen LogP contribution in [0.5, 0.6) is 0 Å². The van der Waals surface area contributed by atoms with E-state index in [1.807, 2.05) is 13.8 Å². The van der Waals surface area contributed by atoms with Crippen LogP contribution < -0.4 is 0 Å². The van der Waals surface area contributed by atoms with Crippen molar-refractivity contribution in [3.05, 3.63) is 0 Å². The van der Waals surface area contributed by atoms with Gasteiger partial charge in [-0.15, -0.1) is 0 Å². The molecule has 1 fully saturated rings. The number of amides is 2. The third-order valence-electron chi connectivity index (χ3n) is 2.13. The van der Waals surface area contributed by atoms with Gasteiger partial charge in [-0.3, -0.25) is 14.5 Å². The summed E-state index contributed by atoms with van der Waals surface area (Å²) in [7, 11) is 0. The number of hydrogen-bond donors (Lipinski definition) is 0. The molecule has 5 nitrogen and oxygen atoms in total. The molecule has 0 aromatic carbocycles. The number of rotatable bonds is 7. The fraction of sp³-hybridized carbons (Fsp3) is 0.800. The molecular weight excluding hydrogens is 230 g/mol. The average molecular weight is 247 g/mol. The lowest BCUT2D eigenvalue weighted by molar-refractivity contribution is -0.143. The average Bonchev–Trinajstić information content (AvgIpc) is 2.56. The number of nitrogens with zero attached hydrogens (tertiary/aromatic N) is 1. The minimum atomic E-state index is -0.332. The lowest BCUT2D eigenvalue weighted by atomic mass is 10.3. The molecule has 1 rings (SSSR count). The highest BCUT2D eigenvalue weighted by Gasteiger charge is 2.30. The van der Waals surface area contributed by atoms with E-state index in [0.29, 0.717) is 26.2 Å². The summed E-state index contributed by atoms with van der Waals surface area (Å²) in [5.41, 5.74) is 0. The first-order valence-corrected chi connectivity index (χ1v) is 6.37. The molecule has 1 aliphatic rings. The third-order valence-corrected chi connectivity index (χ3v) is 2.99. The summed E-state index contributed by atoms with van der Waals surface area (Å²) in [5.74, 6) is 0.133. The van der Waals surface area contributed by atoms with Crippen molar-refractivity contribution in [3.8, 4) is 0 Å². The number of thioether (sulfide) groups is 1. The molecule has 1 saturated heterocycles. The van der Waals surface area contributed by atoms with E-state index in [0.717, 1.165) is 11.8 Å². The summed E-state index contributed by atoms with van der Waals surface area (Å²) >= 11 is 1.05. The Morgan fingerprint density at radius 3 is 2.38 bits per heavy atom. The first-order valence-electron chi connectivity index (χ1n) is 5.39. The van der Waals surface area contributed by atoms with Gasteiger partial charge in [-0.25, -0.2) is 0 Å². The Morgan fingerprint density at radius 1 is 1.31 bits per heavy atom. The zero-order valence-corrected chi connectivity index (χ0v) is 10.4. The number of ether oxygens (including phenoxy) is 2. The van der Waals surface area contributed by atoms with Gasteiger partial charge in [-0.2, -0.15) is 0 Å². The van der Waals surface area contributed by atoms with Crippen molar-refractivity contribution in [2.24, 2.45) is 0 Å². The monoisotopic (exact) mass is 247 g/mol. The second-order valence-electron chi connectivity index (χ2n) is 3.23. The van der Waals surface area contributed by atoms with E-state index < -0.39 is 0 Å². The van der Waals surface area contributed by atoms with Crippen molar-refractivity contribution < 1.29 is 19.1 Å². The Bertz CT molecular complexity index is 237. The molecule has 0 unspecified atom stereocenters. The van der Waals surface area contributed by atoms with Gasteiger partial charge < -0.3 is 9.47 Å². The van der Waals surface area contributed by atoms with E-state index in [1.54, 1.807) is 0 Å². The number of hydrogen-bond acceptors (Lipinski definition) is 5. The molecule has 0 aliphatic carbocycles. The molecule has 0 saturated carbocycles. The highest BCUT2D eigenvalue weighted by atomic mass is 32.2. The fourth-order valence-corrected chi connectivity index (χ4v) is 2.17. The van der Waals surface area contributed by atoms with Crippen molar-refractivity contribution in [3.63, 3.8) is 0 Å². The van der Waals surface area contributed by atoms with Crippen molar-refractivity contribution >= 4 is 22.9 Å². The van der Waals surface area contributed by atoms with Crippen LogP contribution in [0.1, 0.15) is 20.3 Å². The Kier molecular flexibility index (Phi) is 5.79. The van der Waals surface area contributed by atoms with Crippen LogP contribution in [0.15, 0.2) is 0 Å².